The molecule has 0 fully saturated rings. The number of hydrogen-bond acceptors (Lipinski definition) is 2. The molecule has 1 heterocycles. The lowest BCUT2D eigenvalue weighted by Crippen LogP contribution is -2.28. The molecule has 3 heteroatoms. The number of aryl methyl sites for hydroxylation is 2. The van der Waals surface area contributed by atoms with Crippen LogP contribution >= 0.6 is 0 Å². The second-order valence-electron chi connectivity index (χ2n) is 5.70. The summed E-state index contributed by atoms with van der Waals surface area (Å²) >= 11 is 0. The highest BCUT2D eigenvalue weighted by atomic mass is 16.1. The smallest absolute Gasteiger partial charge is 0.268 e. The van der Waals surface area contributed by atoms with Crippen LogP contribution in [0.4, 0.5) is 0 Å². The molecule has 1 unspecified atom stereocenters. The van der Waals surface area contributed by atoms with Gasteiger partial charge in [0.05, 0.1) is 0 Å². The normalized spacial score (nSPS) is 17.0. The highest BCUT2D eigenvalue weighted by molar-refractivity contribution is 5.33. The third kappa shape index (κ3) is 2.50. The Hall–Kier alpha value is -2.34. The van der Waals surface area contributed by atoms with Crippen molar-refractivity contribution in [2.75, 3.05) is 0 Å². The van der Waals surface area contributed by atoms with E-state index >= 15 is 0 Å². The standard InChI is InChI=1S/C18H18N2O/c1-13-9-10-15(11-19)18(21)20(13)12-16-7-4-6-14-5-2-3-8-17(14)16/h2-3,5,8-10,16H,4,6-7,12H2,1H3. The van der Waals surface area contributed by atoms with E-state index in [-0.39, 0.29) is 11.1 Å². The maximum Gasteiger partial charge on any atom is 0.268 e. The number of aromatic nitrogens is 1. The van der Waals surface area contributed by atoms with Gasteiger partial charge in [-0.15, -0.1) is 0 Å². The van der Waals surface area contributed by atoms with Crippen molar-refractivity contribution in [2.24, 2.45) is 0 Å². The summed E-state index contributed by atoms with van der Waals surface area (Å²) < 4.78 is 1.76. The molecule has 0 spiro atoms. The van der Waals surface area contributed by atoms with Crippen molar-refractivity contribution in [3.63, 3.8) is 0 Å². The highest BCUT2D eigenvalue weighted by Gasteiger charge is 2.21. The zero-order valence-corrected chi connectivity index (χ0v) is 12.2. The highest BCUT2D eigenvalue weighted by Crippen LogP contribution is 2.32. The van der Waals surface area contributed by atoms with Gasteiger partial charge in [-0.1, -0.05) is 24.3 Å². The molecule has 0 amide bonds. The molecular formula is C18H18N2O. The molecule has 0 saturated heterocycles. The molecule has 2 aromatic rings. The van der Waals surface area contributed by atoms with Gasteiger partial charge >= 0.3 is 0 Å². The average molecular weight is 278 g/mol. The fourth-order valence-electron chi connectivity index (χ4n) is 3.25. The summed E-state index contributed by atoms with van der Waals surface area (Å²) in [4.78, 5) is 12.3. The maximum absolute atomic E-state index is 12.3. The Bertz CT molecular complexity index is 768. The molecule has 1 aliphatic carbocycles. The minimum Gasteiger partial charge on any atom is -0.311 e. The van der Waals surface area contributed by atoms with Gasteiger partial charge in [0.25, 0.3) is 5.56 Å². The van der Waals surface area contributed by atoms with Gasteiger partial charge in [-0.05, 0) is 49.4 Å². The SMILES string of the molecule is Cc1ccc(C#N)c(=O)n1CC1CCCc2ccccc21. The summed E-state index contributed by atoms with van der Waals surface area (Å²) in [6, 6.07) is 14.0. The van der Waals surface area contributed by atoms with E-state index in [0.717, 1.165) is 25.0 Å². The van der Waals surface area contributed by atoms with Gasteiger partial charge in [0.15, 0.2) is 0 Å². The minimum atomic E-state index is -0.166. The van der Waals surface area contributed by atoms with Gasteiger partial charge in [0, 0.05) is 18.2 Å². The van der Waals surface area contributed by atoms with E-state index < -0.39 is 0 Å². The fourth-order valence-corrected chi connectivity index (χ4v) is 3.25. The van der Waals surface area contributed by atoms with Crippen molar-refractivity contribution in [3.05, 3.63) is 69.1 Å². The molecule has 0 saturated carbocycles. The molecule has 3 rings (SSSR count). The summed E-state index contributed by atoms with van der Waals surface area (Å²) in [6.07, 6.45) is 3.38. The lowest BCUT2D eigenvalue weighted by Gasteiger charge is -2.26. The van der Waals surface area contributed by atoms with Gasteiger partial charge in [0.1, 0.15) is 11.6 Å². The number of pyridine rings is 1. The molecule has 21 heavy (non-hydrogen) atoms. The van der Waals surface area contributed by atoms with E-state index in [2.05, 4.69) is 24.3 Å². The van der Waals surface area contributed by atoms with E-state index in [1.54, 1.807) is 10.6 Å². The average Bonchev–Trinajstić information content (AvgIpc) is 2.52. The molecule has 3 nitrogen and oxygen atoms in total. The van der Waals surface area contributed by atoms with E-state index in [1.807, 2.05) is 19.1 Å². The Morgan fingerprint density at radius 1 is 1.29 bits per heavy atom. The largest absolute Gasteiger partial charge is 0.311 e. The van der Waals surface area contributed by atoms with Crippen molar-refractivity contribution in [3.8, 4) is 6.07 Å². The summed E-state index contributed by atoms with van der Waals surface area (Å²) in [5, 5.41) is 9.03. The zero-order chi connectivity index (χ0) is 14.8. The second-order valence-corrected chi connectivity index (χ2v) is 5.70. The van der Waals surface area contributed by atoms with Crippen molar-refractivity contribution < 1.29 is 0 Å². The molecule has 1 aliphatic rings. The first-order valence-electron chi connectivity index (χ1n) is 7.39. The van der Waals surface area contributed by atoms with E-state index in [1.165, 1.54) is 11.1 Å². The lowest BCUT2D eigenvalue weighted by atomic mass is 9.82. The van der Waals surface area contributed by atoms with Crippen molar-refractivity contribution in [2.45, 2.75) is 38.6 Å². The van der Waals surface area contributed by atoms with Crippen molar-refractivity contribution in [1.82, 2.24) is 4.57 Å². The summed E-state index contributed by atoms with van der Waals surface area (Å²) in [5.74, 6) is 0.361. The van der Waals surface area contributed by atoms with Gasteiger partial charge in [0.2, 0.25) is 0 Å². The third-order valence-electron chi connectivity index (χ3n) is 4.41. The molecule has 0 aliphatic heterocycles. The van der Waals surface area contributed by atoms with Crippen LogP contribution in [0.15, 0.2) is 41.2 Å². The van der Waals surface area contributed by atoms with Crippen LogP contribution in [0.3, 0.4) is 0 Å². The van der Waals surface area contributed by atoms with Gasteiger partial charge in [-0.3, -0.25) is 4.79 Å². The molecule has 1 aromatic heterocycles. The number of benzene rings is 1. The van der Waals surface area contributed by atoms with Crippen LogP contribution in [0, 0.1) is 18.3 Å². The monoisotopic (exact) mass is 278 g/mol. The number of hydrogen-bond donors (Lipinski definition) is 0. The van der Waals surface area contributed by atoms with Crippen LogP contribution in [-0.4, -0.2) is 4.57 Å². The van der Waals surface area contributed by atoms with Crippen LogP contribution in [0.25, 0.3) is 0 Å². The van der Waals surface area contributed by atoms with E-state index in [9.17, 15) is 4.79 Å². The van der Waals surface area contributed by atoms with Crippen LogP contribution in [0.5, 0.6) is 0 Å². The molecule has 0 N–H and O–H groups in total. The summed E-state index contributed by atoms with van der Waals surface area (Å²) in [6.45, 7) is 2.59. The minimum absolute atomic E-state index is 0.166. The van der Waals surface area contributed by atoms with Gasteiger partial charge in [-0.25, -0.2) is 0 Å². The van der Waals surface area contributed by atoms with Gasteiger partial charge < -0.3 is 4.57 Å². The predicted molar refractivity (Wildman–Crippen MR) is 82.3 cm³/mol. The Kier molecular flexibility index (Phi) is 3.62. The van der Waals surface area contributed by atoms with Crippen LogP contribution in [-0.2, 0) is 13.0 Å². The number of nitrogens with zero attached hydrogens (tertiary/aromatic N) is 2. The molecular weight excluding hydrogens is 260 g/mol. The lowest BCUT2D eigenvalue weighted by molar-refractivity contribution is 0.470. The Balaban J connectivity index is 2.00. The van der Waals surface area contributed by atoms with Crippen molar-refractivity contribution in [1.29, 1.82) is 5.26 Å². The molecule has 1 atom stereocenters. The van der Waals surface area contributed by atoms with Crippen LogP contribution in [0.1, 0.15) is 41.1 Å². The first kappa shape index (κ1) is 13.6. The number of rotatable bonds is 2. The van der Waals surface area contributed by atoms with Crippen LogP contribution in [0.2, 0.25) is 0 Å². The Morgan fingerprint density at radius 2 is 2.10 bits per heavy atom. The second kappa shape index (κ2) is 5.57. The van der Waals surface area contributed by atoms with Crippen molar-refractivity contribution >= 4 is 0 Å². The summed E-state index contributed by atoms with van der Waals surface area (Å²) in [7, 11) is 0. The quantitative estimate of drug-likeness (QED) is 0.847. The molecule has 106 valence electrons. The van der Waals surface area contributed by atoms with E-state index in [0.29, 0.717) is 12.5 Å². The number of fused-ring (bicyclic) bond motifs is 1. The third-order valence-corrected chi connectivity index (χ3v) is 4.41. The molecule has 0 radical (unpaired) electrons. The van der Waals surface area contributed by atoms with E-state index in [4.69, 9.17) is 5.26 Å². The molecule has 0 bridgehead atoms. The number of nitriles is 1. The maximum atomic E-state index is 12.3. The predicted octanol–water partition coefficient (Wildman–Crippen LogP) is 3.15. The first-order chi connectivity index (χ1) is 10.2. The van der Waals surface area contributed by atoms with Crippen LogP contribution < -0.4 is 5.56 Å². The topological polar surface area (TPSA) is 45.8 Å². The molecule has 1 aromatic carbocycles. The summed E-state index contributed by atoms with van der Waals surface area (Å²) in [5.41, 5.74) is 3.74. The zero-order valence-electron chi connectivity index (χ0n) is 12.2. The Morgan fingerprint density at radius 3 is 2.90 bits per heavy atom. The van der Waals surface area contributed by atoms with Gasteiger partial charge in [-0.2, -0.15) is 5.26 Å². The first-order valence-corrected chi connectivity index (χ1v) is 7.39. The Labute approximate surface area is 124 Å². The fraction of sp³-hybridized carbons (Fsp3) is 0.333.